The van der Waals surface area contributed by atoms with E-state index in [9.17, 15) is 22.8 Å². The van der Waals surface area contributed by atoms with Gasteiger partial charge in [-0.15, -0.1) is 0 Å². The van der Waals surface area contributed by atoms with Gasteiger partial charge >= 0.3 is 11.7 Å². The molecule has 1 aromatic heterocycles. The molecule has 192 valence electrons. The molecule has 5 atom stereocenters. The minimum Gasteiger partial charge on any atom is -0.455 e. The van der Waals surface area contributed by atoms with Gasteiger partial charge in [-0.2, -0.15) is 8.42 Å². The average molecular weight is 513 g/mol. The van der Waals surface area contributed by atoms with Crippen molar-refractivity contribution >= 4 is 16.1 Å². The zero-order valence-electron chi connectivity index (χ0n) is 19.7. The minimum absolute atomic E-state index is 0.0386. The summed E-state index contributed by atoms with van der Waals surface area (Å²) >= 11 is 0. The lowest BCUT2D eigenvalue weighted by molar-refractivity contribution is -0.193. The van der Waals surface area contributed by atoms with Gasteiger partial charge in [-0.05, 0) is 12.5 Å². The lowest BCUT2D eigenvalue weighted by Crippen LogP contribution is -2.57. The Morgan fingerprint density at radius 3 is 2.49 bits per heavy atom. The second-order valence-electron chi connectivity index (χ2n) is 8.12. The van der Waals surface area contributed by atoms with Crippen LogP contribution in [0.4, 0.5) is 0 Å². The van der Waals surface area contributed by atoms with Gasteiger partial charge in [-0.25, -0.2) is 4.79 Å². The number of hydrogen-bond donors (Lipinski definition) is 1. The van der Waals surface area contributed by atoms with Crippen LogP contribution in [0.15, 0.2) is 52.2 Å². The van der Waals surface area contributed by atoms with E-state index < -0.39 is 64.1 Å². The Kier molecular flexibility index (Phi) is 8.28. The van der Waals surface area contributed by atoms with Crippen molar-refractivity contribution in [2.45, 2.75) is 50.6 Å². The van der Waals surface area contributed by atoms with Gasteiger partial charge in [0.1, 0.15) is 12.7 Å². The summed E-state index contributed by atoms with van der Waals surface area (Å²) in [4.78, 5) is 38.4. The molecule has 1 saturated heterocycles. The van der Waals surface area contributed by atoms with Crippen LogP contribution in [-0.2, 0) is 44.7 Å². The molecule has 0 amide bonds. The number of rotatable bonds is 10. The largest absolute Gasteiger partial charge is 0.455 e. The molecule has 0 aliphatic carbocycles. The normalized spacial score (nSPS) is 25.3. The van der Waals surface area contributed by atoms with E-state index in [4.69, 9.17) is 23.1 Å². The van der Waals surface area contributed by atoms with E-state index in [1.165, 1.54) is 20.2 Å². The van der Waals surface area contributed by atoms with E-state index in [2.05, 4.69) is 4.98 Å². The van der Waals surface area contributed by atoms with Crippen LogP contribution in [-0.4, -0.2) is 67.8 Å². The second-order valence-corrected chi connectivity index (χ2v) is 9.76. The molecular formula is C22H28N2O10S. The number of nitrogens with zero attached hydrogens (tertiary/aromatic N) is 1. The molecule has 1 fully saturated rings. The maximum atomic E-state index is 12.6. The molecule has 1 aliphatic heterocycles. The van der Waals surface area contributed by atoms with Crippen molar-refractivity contribution in [3.8, 4) is 0 Å². The van der Waals surface area contributed by atoms with Crippen molar-refractivity contribution < 1.29 is 36.3 Å². The number of H-pyrrole nitrogens is 1. The van der Waals surface area contributed by atoms with Crippen molar-refractivity contribution in [2.24, 2.45) is 0 Å². The molecule has 13 heteroatoms. The minimum atomic E-state index is -3.93. The number of benzene rings is 1. The van der Waals surface area contributed by atoms with Gasteiger partial charge in [-0.3, -0.25) is 23.3 Å². The van der Waals surface area contributed by atoms with E-state index in [-0.39, 0.29) is 6.61 Å². The molecule has 0 spiro atoms. The molecule has 12 nitrogen and oxygen atoms in total. The lowest BCUT2D eigenvalue weighted by atomic mass is 9.90. The quantitative estimate of drug-likeness (QED) is 0.348. The third kappa shape index (κ3) is 6.24. The zero-order valence-corrected chi connectivity index (χ0v) is 20.5. The maximum Gasteiger partial charge on any atom is 0.330 e. The Balaban J connectivity index is 2.14. The maximum absolute atomic E-state index is 12.6. The Bertz CT molecular complexity index is 1240. The van der Waals surface area contributed by atoms with E-state index in [1.54, 1.807) is 6.92 Å². The Morgan fingerprint density at radius 2 is 1.91 bits per heavy atom. The average Bonchev–Trinajstić information content (AvgIpc) is 3.09. The molecule has 3 rings (SSSR count). The highest BCUT2D eigenvalue weighted by Crippen LogP contribution is 2.44. The number of hydrogen-bond acceptors (Lipinski definition) is 10. The summed E-state index contributed by atoms with van der Waals surface area (Å²) in [6.45, 7) is 2.25. The number of aromatic amines is 1. The van der Waals surface area contributed by atoms with Crippen molar-refractivity contribution in [1.82, 2.24) is 9.55 Å². The van der Waals surface area contributed by atoms with E-state index in [0.29, 0.717) is 0 Å². The van der Waals surface area contributed by atoms with Gasteiger partial charge in [0.15, 0.2) is 17.9 Å². The number of ether oxygens (including phenoxy) is 4. The molecule has 1 unspecified atom stereocenters. The van der Waals surface area contributed by atoms with Crippen LogP contribution >= 0.6 is 0 Å². The number of aromatic nitrogens is 2. The fourth-order valence-corrected chi connectivity index (χ4v) is 4.29. The predicted molar refractivity (Wildman–Crippen MR) is 122 cm³/mol. The smallest absolute Gasteiger partial charge is 0.330 e. The summed E-state index contributed by atoms with van der Waals surface area (Å²) in [5.74, 6) is -0.695. The third-order valence-electron chi connectivity index (χ3n) is 5.64. The van der Waals surface area contributed by atoms with Crippen LogP contribution in [0.25, 0.3) is 0 Å². The van der Waals surface area contributed by atoms with Crippen LogP contribution in [0, 0.1) is 0 Å². The lowest BCUT2D eigenvalue weighted by Gasteiger charge is -2.38. The van der Waals surface area contributed by atoms with Crippen LogP contribution in [0.3, 0.4) is 0 Å². The number of carbonyl (C=O) groups excluding carboxylic acids is 1. The highest BCUT2D eigenvalue weighted by Gasteiger charge is 2.62. The molecule has 1 aromatic carbocycles. The monoisotopic (exact) mass is 512 g/mol. The van der Waals surface area contributed by atoms with Gasteiger partial charge in [0, 0.05) is 26.3 Å². The van der Waals surface area contributed by atoms with E-state index in [0.717, 1.165) is 22.5 Å². The molecule has 35 heavy (non-hydrogen) atoms. The molecule has 1 aliphatic rings. The van der Waals surface area contributed by atoms with Crippen LogP contribution in [0.5, 0.6) is 0 Å². The Morgan fingerprint density at radius 1 is 1.23 bits per heavy atom. The molecule has 2 aromatic rings. The van der Waals surface area contributed by atoms with Crippen molar-refractivity contribution in [3.63, 3.8) is 0 Å². The summed E-state index contributed by atoms with van der Waals surface area (Å²) < 4.78 is 53.4. The third-order valence-corrected chi connectivity index (χ3v) is 6.19. The van der Waals surface area contributed by atoms with Crippen molar-refractivity contribution in [1.29, 1.82) is 0 Å². The molecule has 0 radical (unpaired) electrons. The van der Waals surface area contributed by atoms with Crippen molar-refractivity contribution in [3.05, 3.63) is 69.0 Å². The topological polar surface area (TPSA) is 152 Å². The van der Waals surface area contributed by atoms with Gasteiger partial charge in [0.2, 0.25) is 0 Å². The molecular weight excluding hydrogens is 484 g/mol. The van der Waals surface area contributed by atoms with Gasteiger partial charge in [-0.1, -0.05) is 30.3 Å². The summed E-state index contributed by atoms with van der Waals surface area (Å²) in [6, 6.07) is 10.2. The van der Waals surface area contributed by atoms with Gasteiger partial charge < -0.3 is 18.9 Å². The summed E-state index contributed by atoms with van der Waals surface area (Å²) in [6.07, 6.45) is -2.48. The van der Waals surface area contributed by atoms with E-state index >= 15 is 0 Å². The molecule has 0 bridgehead atoms. The van der Waals surface area contributed by atoms with Crippen LogP contribution in [0.1, 0.15) is 25.6 Å². The summed E-state index contributed by atoms with van der Waals surface area (Å²) in [5, 5.41) is 0. The predicted octanol–water partition coefficient (Wildman–Crippen LogP) is 0.332. The van der Waals surface area contributed by atoms with Crippen LogP contribution < -0.4 is 11.2 Å². The fourth-order valence-electron chi connectivity index (χ4n) is 3.90. The first kappa shape index (κ1) is 26.8. The van der Waals surface area contributed by atoms with Crippen molar-refractivity contribution in [2.75, 3.05) is 20.0 Å². The fraction of sp³-hybridized carbons (Fsp3) is 0.500. The summed E-state index contributed by atoms with van der Waals surface area (Å²) in [5.41, 5.74) is -2.33. The second kappa shape index (κ2) is 10.8. The number of methoxy groups -OCH3 is 1. The Hall–Kier alpha value is -2.84. The number of nitrogens with one attached hydrogen (secondary N) is 1. The van der Waals surface area contributed by atoms with E-state index in [1.807, 2.05) is 30.3 Å². The first-order chi connectivity index (χ1) is 16.5. The SMILES string of the molecule is COC(C)[C@@]1(COS(C)(=O)=O)O[C@@H](n2ccc(=O)[nH]c2=O)[C@H](OC(C)=O)[C@@H]1OCc1ccccc1. The van der Waals surface area contributed by atoms with Gasteiger partial charge in [0.05, 0.1) is 19.0 Å². The standard InChI is InChI=1S/C22H28N2O10S/c1-14(30-3)22(13-32-35(4,28)29)19(31-12-16-8-6-5-7-9-16)18(33-15(2)25)20(34-22)24-11-10-17(26)23-21(24)27/h5-11,14,18-20H,12-13H2,1-4H3,(H,23,26,27)/t14?,18-,19+,20-,22-/m1/s1. The highest BCUT2D eigenvalue weighted by molar-refractivity contribution is 7.85. The first-order valence-electron chi connectivity index (χ1n) is 10.7. The number of carbonyl (C=O) groups is 1. The molecule has 1 N–H and O–H groups in total. The molecule has 2 heterocycles. The highest BCUT2D eigenvalue weighted by atomic mass is 32.2. The van der Waals surface area contributed by atoms with Gasteiger partial charge in [0.25, 0.3) is 15.7 Å². The first-order valence-corrected chi connectivity index (χ1v) is 12.5. The van der Waals surface area contributed by atoms with Crippen LogP contribution in [0.2, 0.25) is 0 Å². The zero-order chi connectivity index (χ0) is 25.8. The number of esters is 1. The Labute approximate surface area is 201 Å². The summed E-state index contributed by atoms with van der Waals surface area (Å²) in [7, 11) is -2.55. The molecule has 0 saturated carbocycles.